The van der Waals surface area contributed by atoms with E-state index in [-0.39, 0.29) is 18.3 Å². The average Bonchev–Trinajstić information content (AvgIpc) is 3.54. The van der Waals surface area contributed by atoms with Crippen LogP contribution < -0.4 is 10.1 Å². The molecule has 0 saturated carbocycles. The molecule has 0 fully saturated rings. The number of carbonyl (C=O) groups is 1. The van der Waals surface area contributed by atoms with E-state index in [1.54, 1.807) is 23.1 Å². The van der Waals surface area contributed by atoms with Gasteiger partial charge in [-0.05, 0) is 46.2 Å². The minimum absolute atomic E-state index is 0.249. The van der Waals surface area contributed by atoms with Gasteiger partial charge in [0, 0.05) is 6.54 Å². The summed E-state index contributed by atoms with van der Waals surface area (Å²) in [5.41, 5.74) is 2.11. The quantitative estimate of drug-likeness (QED) is 0.383. The van der Waals surface area contributed by atoms with E-state index < -0.39 is 0 Å². The van der Waals surface area contributed by atoms with E-state index in [0.717, 1.165) is 27.6 Å². The number of aromatic nitrogens is 3. The Labute approximate surface area is 190 Å². The zero-order valence-corrected chi connectivity index (χ0v) is 17.8. The van der Waals surface area contributed by atoms with E-state index in [1.807, 2.05) is 60.7 Å². The van der Waals surface area contributed by atoms with Crippen LogP contribution in [0.3, 0.4) is 0 Å². The Hall–Kier alpha value is -4.39. The highest BCUT2D eigenvalue weighted by Gasteiger charge is 2.11. The molecule has 0 aliphatic rings. The van der Waals surface area contributed by atoms with Crippen molar-refractivity contribution in [2.24, 2.45) is 0 Å². The molecule has 2 heterocycles. The molecule has 7 nitrogen and oxygen atoms in total. The van der Waals surface area contributed by atoms with Crippen molar-refractivity contribution in [3.8, 4) is 5.75 Å². The van der Waals surface area contributed by atoms with E-state index in [2.05, 4.69) is 21.5 Å². The summed E-state index contributed by atoms with van der Waals surface area (Å²) < 4.78 is 13.3. The van der Waals surface area contributed by atoms with Crippen molar-refractivity contribution >= 4 is 16.7 Å². The van der Waals surface area contributed by atoms with Gasteiger partial charge >= 0.3 is 0 Å². The fourth-order valence-corrected chi connectivity index (χ4v) is 3.52. The zero-order chi connectivity index (χ0) is 22.5. The maximum absolute atomic E-state index is 12.5. The molecule has 164 valence electrons. The highest BCUT2D eigenvalue weighted by molar-refractivity contribution is 5.91. The maximum atomic E-state index is 12.5. The third-order valence-electron chi connectivity index (χ3n) is 5.27. The lowest BCUT2D eigenvalue weighted by Crippen LogP contribution is -2.22. The molecule has 0 bridgehead atoms. The average molecular weight is 438 g/mol. The first-order valence-electron chi connectivity index (χ1n) is 10.6. The lowest BCUT2D eigenvalue weighted by molar-refractivity contribution is 0.0919. The van der Waals surface area contributed by atoms with Gasteiger partial charge in [0.25, 0.3) is 5.91 Å². The van der Waals surface area contributed by atoms with Crippen molar-refractivity contribution in [3.05, 3.63) is 114 Å². The van der Waals surface area contributed by atoms with Crippen LogP contribution >= 0.6 is 0 Å². The first-order chi connectivity index (χ1) is 16.2. The lowest BCUT2D eigenvalue weighted by Gasteiger charge is -2.06. The van der Waals surface area contributed by atoms with Crippen LogP contribution in [0.15, 0.2) is 95.9 Å². The summed E-state index contributed by atoms with van der Waals surface area (Å²) >= 11 is 0. The van der Waals surface area contributed by atoms with Crippen molar-refractivity contribution in [2.45, 2.75) is 19.7 Å². The van der Waals surface area contributed by atoms with Gasteiger partial charge in [0.15, 0.2) is 5.76 Å². The van der Waals surface area contributed by atoms with Gasteiger partial charge in [0.1, 0.15) is 30.8 Å². The van der Waals surface area contributed by atoms with Crippen LogP contribution in [0, 0.1) is 0 Å². The highest BCUT2D eigenvalue weighted by Crippen LogP contribution is 2.22. The maximum Gasteiger partial charge on any atom is 0.287 e. The summed E-state index contributed by atoms with van der Waals surface area (Å²) in [7, 11) is 0. The van der Waals surface area contributed by atoms with Gasteiger partial charge in [-0.1, -0.05) is 54.6 Å². The second kappa shape index (κ2) is 9.40. The summed E-state index contributed by atoms with van der Waals surface area (Å²) in [6.45, 7) is 1.31. The number of benzene rings is 3. The number of amides is 1. The van der Waals surface area contributed by atoms with Gasteiger partial charge < -0.3 is 14.5 Å². The number of furan rings is 1. The molecule has 7 heteroatoms. The predicted octanol–water partition coefficient (Wildman–Crippen LogP) is 4.58. The van der Waals surface area contributed by atoms with Crippen molar-refractivity contribution < 1.29 is 13.9 Å². The molecule has 2 aromatic heterocycles. The van der Waals surface area contributed by atoms with Crippen molar-refractivity contribution in [1.29, 1.82) is 0 Å². The van der Waals surface area contributed by atoms with E-state index in [0.29, 0.717) is 18.8 Å². The fourth-order valence-electron chi connectivity index (χ4n) is 3.52. The summed E-state index contributed by atoms with van der Waals surface area (Å²) in [5.74, 6) is 1.34. The molecule has 0 aliphatic heterocycles. The molecular formula is C26H22N4O3. The third kappa shape index (κ3) is 5.10. The Kier molecular flexibility index (Phi) is 5.84. The SMILES string of the molecule is O=C(NCc1ccc(Cn2cncn2)cc1)c1ccc(COc2ccc3ccccc3c2)o1. The Morgan fingerprint density at radius 3 is 2.58 bits per heavy atom. The van der Waals surface area contributed by atoms with Crippen molar-refractivity contribution in [2.75, 3.05) is 0 Å². The molecule has 33 heavy (non-hydrogen) atoms. The largest absolute Gasteiger partial charge is 0.486 e. The molecule has 1 N–H and O–H groups in total. The lowest BCUT2D eigenvalue weighted by atomic mass is 10.1. The summed E-state index contributed by atoms with van der Waals surface area (Å²) in [6, 6.07) is 25.5. The summed E-state index contributed by atoms with van der Waals surface area (Å²) in [5, 5.41) is 9.26. The van der Waals surface area contributed by atoms with Crippen LogP contribution in [-0.4, -0.2) is 20.7 Å². The highest BCUT2D eigenvalue weighted by atomic mass is 16.5. The molecule has 3 aromatic carbocycles. The van der Waals surface area contributed by atoms with Crippen LogP contribution in [0.1, 0.15) is 27.4 Å². The fraction of sp³-hybridized carbons (Fsp3) is 0.115. The molecule has 0 atom stereocenters. The van der Waals surface area contributed by atoms with Gasteiger partial charge in [-0.15, -0.1) is 0 Å². The molecule has 0 unspecified atom stereocenters. The third-order valence-corrected chi connectivity index (χ3v) is 5.27. The summed E-state index contributed by atoms with van der Waals surface area (Å²) in [4.78, 5) is 16.4. The van der Waals surface area contributed by atoms with Crippen LogP contribution in [0.4, 0.5) is 0 Å². The topological polar surface area (TPSA) is 82.2 Å². The molecule has 5 rings (SSSR count). The number of hydrogen-bond acceptors (Lipinski definition) is 5. The van der Waals surface area contributed by atoms with E-state index in [9.17, 15) is 4.79 Å². The molecule has 0 aliphatic carbocycles. The number of rotatable bonds is 8. The Bertz CT molecular complexity index is 1360. The first-order valence-corrected chi connectivity index (χ1v) is 10.6. The molecule has 0 saturated heterocycles. The number of ether oxygens (including phenoxy) is 1. The van der Waals surface area contributed by atoms with Crippen LogP contribution in [0.25, 0.3) is 10.8 Å². The number of nitrogens with one attached hydrogen (secondary N) is 1. The number of nitrogens with zero attached hydrogens (tertiary/aromatic N) is 3. The van der Waals surface area contributed by atoms with Gasteiger partial charge in [-0.25, -0.2) is 9.67 Å². The van der Waals surface area contributed by atoms with Gasteiger partial charge in [0.05, 0.1) is 6.54 Å². The Morgan fingerprint density at radius 2 is 1.76 bits per heavy atom. The standard InChI is InChI=1S/C26H22N4O3/c31-26(28-14-19-5-7-20(8-6-19)15-30-18-27-17-29-30)25-12-11-24(33-25)16-32-23-10-9-21-3-1-2-4-22(21)13-23/h1-13,17-18H,14-16H2,(H,28,31). The predicted molar refractivity (Wildman–Crippen MR) is 124 cm³/mol. The monoisotopic (exact) mass is 438 g/mol. The first kappa shape index (κ1) is 20.5. The van der Waals surface area contributed by atoms with Crippen LogP contribution in [0.5, 0.6) is 5.75 Å². The van der Waals surface area contributed by atoms with Crippen molar-refractivity contribution in [3.63, 3.8) is 0 Å². The number of carbonyl (C=O) groups excluding carboxylic acids is 1. The second-order valence-electron chi connectivity index (χ2n) is 7.66. The second-order valence-corrected chi connectivity index (χ2v) is 7.66. The van der Waals surface area contributed by atoms with Crippen molar-refractivity contribution in [1.82, 2.24) is 20.1 Å². The summed E-state index contributed by atoms with van der Waals surface area (Å²) in [6.07, 6.45) is 3.19. The Balaban J connectivity index is 1.13. The number of fused-ring (bicyclic) bond motifs is 1. The van der Waals surface area contributed by atoms with Crippen LogP contribution in [-0.2, 0) is 19.7 Å². The minimum Gasteiger partial charge on any atom is -0.486 e. The minimum atomic E-state index is -0.265. The van der Waals surface area contributed by atoms with E-state index in [4.69, 9.17) is 9.15 Å². The number of hydrogen-bond donors (Lipinski definition) is 1. The molecule has 0 spiro atoms. The van der Waals surface area contributed by atoms with E-state index >= 15 is 0 Å². The Morgan fingerprint density at radius 1 is 0.939 bits per heavy atom. The molecule has 5 aromatic rings. The molecule has 1 amide bonds. The van der Waals surface area contributed by atoms with Gasteiger partial charge in [-0.3, -0.25) is 4.79 Å². The van der Waals surface area contributed by atoms with Gasteiger partial charge in [0.2, 0.25) is 0 Å². The van der Waals surface area contributed by atoms with Crippen LogP contribution in [0.2, 0.25) is 0 Å². The van der Waals surface area contributed by atoms with Gasteiger partial charge in [-0.2, -0.15) is 5.10 Å². The molecular weight excluding hydrogens is 416 g/mol. The normalized spacial score (nSPS) is 10.9. The zero-order valence-electron chi connectivity index (χ0n) is 17.8. The van der Waals surface area contributed by atoms with E-state index in [1.165, 1.54) is 6.33 Å². The molecule has 0 radical (unpaired) electrons. The smallest absolute Gasteiger partial charge is 0.287 e.